The number of rotatable bonds is 27. The Hall–Kier alpha value is -2.86. The van der Waals surface area contributed by atoms with Crippen LogP contribution in [0.1, 0.15) is 71.6 Å². The summed E-state index contributed by atoms with van der Waals surface area (Å²) in [6, 6.07) is 13.4. The third-order valence-corrected chi connectivity index (χ3v) is 20.3. The zero-order valence-corrected chi connectivity index (χ0v) is 47.2. The summed E-state index contributed by atoms with van der Waals surface area (Å²) >= 11 is 12.1. The van der Waals surface area contributed by atoms with Crippen molar-refractivity contribution in [3.8, 4) is 11.1 Å². The van der Waals surface area contributed by atoms with Gasteiger partial charge in [0.25, 0.3) is 5.91 Å². The van der Waals surface area contributed by atoms with Crippen LogP contribution in [0.15, 0.2) is 63.3 Å². The van der Waals surface area contributed by atoms with Crippen LogP contribution in [-0.4, -0.2) is 181 Å². The fourth-order valence-corrected chi connectivity index (χ4v) is 15.4. The van der Waals surface area contributed by atoms with E-state index in [-0.39, 0.29) is 67.3 Å². The van der Waals surface area contributed by atoms with Crippen LogP contribution < -0.4 is 21.3 Å². The minimum absolute atomic E-state index is 0.00824. The number of carbonyl (C=O) groups is 4. The lowest BCUT2D eigenvalue weighted by atomic mass is 9.93. The molecule has 5 amide bonds. The molecule has 15 nitrogen and oxygen atoms in total. The van der Waals surface area contributed by atoms with Crippen molar-refractivity contribution in [1.29, 1.82) is 0 Å². The number of ether oxygens (including phenoxy) is 2. The number of carbonyl (C=O) groups excluding carboxylic acids is 4. The molecule has 22 heteroatoms. The summed E-state index contributed by atoms with van der Waals surface area (Å²) in [6.07, 6.45) is 6.57. The second-order valence-electron chi connectivity index (χ2n) is 18.7. The lowest BCUT2D eigenvalue weighted by Gasteiger charge is -2.37. The van der Waals surface area contributed by atoms with Crippen molar-refractivity contribution >= 4 is 99.2 Å². The predicted molar refractivity (Wildman–Crippen MR) is 292 cm³/mol. The molecule has 4 heterocycles. The van der Waals surface area contributed by atoms with Crippen LogP contribution in [0.3, 0.4) is 0 Å². The first-order chi connectivity index (χ1) is 34.6. The number of hydrogen-bond acceptors (Lipinski definition) is 11. The monoisotopic (exact) mass is 1150 g/mol. The van der Waals surface area contributed by atoms with Crippen molar-refractivity contribution in [3.05, 3.63) is 63.4 Å². The van der Waals surface area contributed by atoms with Crippen LogP contribution in [0, 0.1) is 0 Å². The minimum atomic E-state index is -3.53. The first-order valence-electron chi connectivity index (χ1n) is 25.1. The summed E-state index contributed by atoms with van der Waals surface area (Å²) in [6.45, 7) is 9.17. The van der Waals surface area contributed by atoms with E-state index in [1.165, 1.54) is 6.08 Å². The number of halogens is 3. The highest BCUT2D eigenvalue weighted by atomic mass is 79.9. The van der Waals surface area contributed by atoms with Crippen molar-refractivity contribution in [3.63, 3.8) is 0 Å². The molecule has 3 radical (unpaired) electrons. The zero-order valence-electron chi connectivity index (χ0n) is 41.4. The van der Waals surface area contributed by atoms with Crippen molar-refractivity contribution in [2.45, 2.75) is 111 Å². The van der Waals surface area contributed by atoms with Crippen molar-refractivity contribution in [2.75, 3.05) is 90.3 Å². The Bertz CT molecular complexity index is 2330. The van der Waals surface area contributed by atoms with Crippen LogP contribution in [-0.2, 0) is 33.7 Å². The molecule has 6 rings (SSSR count). The van der Waals surface area contributed by atoms with Gasteiger partial charge in [-0.3, -0.25) is 23.6 Å². The number of benzene rings is 2. The topological polar surface area (TPSA) is 179 Å². The number of hydrogen-bond donors (Lipinski definition) is 4. The average molecular weight is 1160 g/mol. The van der Waals surface area contributed by atoms with Crippen LogP contribution >= 0.6 is 50.0 Å². The highest BCUT2D eigenvalue weighted by molar-refractivity contribution is 9.10. The van der Waals surface area contributed by atoms with Crippen LogP contribution in [0.5, 0.6) is 0 Å². The maximum atomic E-state index is 16.2. The molecular formula is C50H71BrClFN7O8S3Si. The number of nitrogens with one attached hydrogen (secondary N) is 4. The molecule has 4 aliphatic rings. The predicted octanol–water partition coefficient (Wildman–Crippen LogP) is 6.52. The first-order valence-corrected chi connectivity index (χ1v) is 30.9. The Balaban J connectivity index is 0.758. The fraction of sp³-hybridized carbons (Fsp3) is 0.620. The third kappa shape index (κ3) is 17.6. The van der Waals surface area contributed by atoms with E-state index in [2.05, 4.69) is 68.1 Å². The van der Waals surface area contributed by atoms with Gasteiger partial charge in [-0.05, 0) is 80.4 Å². The number of unbranched alkanes of at least 4 members (excludes halogenated alkanes) is 3. The number of nitrogens with zero attached hydrogens (tertiary/aromatic N) is 3. The molecule has 0 bridgehead atoms. The van der Waals surface area contributed by atoms with Gasteiger partial charge >= 0.3 is 6.03 Å². The van der Waals surface area contributed by atoms with Gasteiger partial charge in [0.15, 0.2) is 15.5 Å². The molecule has 397 valence electrons. The van der Waals surface area contributed by atoms with Crippen LogP contribution in [0.2, 0.25) is 10.6 Å². The van der Waals surface area contributed by atoms with E-state index in [1.54, 1.807) is 11.8 Å². The van der Waals surface area contributed by atoms with Gasteiger partial charge in [-0.25, -0.2) is 17.6 Å². The second-order valence-corrected chi connectivity index (χ2v) is 26.1. The van der Waals surface area contributed by atoms with E-state index in [4.69, 9.17) is 21.1 Å². The lowest BCUT2D eigenvalue weighted by Crippen LogP contribution is -2.51. The van der Waals surface area contributed by atoms with Gasteiger partial charge in [0.2, 0.25) is 11.8 Å². The summed E-state index contributed by atoms with van der Waals surface area (Å²) < 4.78 is 56.1. The van der Waals surface area contributed by atoms with Crippen molar-refractivity contribution in [1.82, 2.24) is 35.4 Å². The van der Waals surface area contributed by atoms with Gasteiger partial charge in [-0.15, -0.1) is 0 Å². The highest BCUT2D eigenvalue weighted by Gasteiger charge is 2.45. The average Bonchev–Trinajstić information content (AvgIpc) is 3.93. The largest absolute Gasteiger partial charge is 0.377 e. The number of urea groups is 1. The molecule has 72 heavy (non-hydrogen) atoms. The number of piperidine rings is 1. The SMILES string of the molecule is C/C=S(\c1ccc(Br)cc1-c1ccccc1Cl)N1CCC(F)(C(=O)N[C@H](C)/C=C\S(=O)(=O)CCCCCN2CCN(C(=O)COCCOCCNC(=O)CCCCC([Si])[C@@H]3SC[C@@H]4NC(=O)N[C@@H]43)CC2)CC1. The number of fused-ring (bicyclic) bond motifs is 1. The molecule has 2 aromatic carbocycles. The van der Waals surface area contributed by atoms with E-state index < -0.39 is 38.1 Å². The molecule has 0 spiro atoms. The van der Waals surface area contributed by atoms with Crippen molar-refractivity contribution in [2.24, 2.45) is 0 Å². The van der Waals surface area contributed by atoms with Gasteiger partial charge < -0.3 is 35.6 Å². The zero-order chi connectivity index (χ0) is 51.7. The maximum Gasteiger partial charge on any atom is 0.315 e. The van der Waals surface area contributed by atoms with E-state index in [9.17, 15) is 27.6 Å². The molecule has 4 saturated heterocycles. The standard InChI is InChI=1S/C50H71BrClFN7O8S3Si/c1-3-70(42-16-15-37(51)33-39(42)38-11-5-6-12-40(38)52)60-22-18-50(53,19-23-60)48(63)55-36(2)17-32-71(65,66)31-10-4-9-21-58-24-26-59(27-25-58)45(62)34-68-30-29-67-28-20-54-44(61)14-8-7-13-43(72)47-46-41(35-69-47)56-49(64)57-46/h3,5-6,11-12,15-17,32-33,36,41,43,46-47H,4,7-10,13-14,18-31,34-35H2,1-2H3,(H,54,61)(H,55,63)(H2,56,57,64)/b32-17-/t36-,41+,43?,46+,47+,70?/m1/s1. The molecule has 0 aliphatic carbocycles. The molecule has 4 N–H and O–H groups in total. The van der Waals surface area contributed by atoms with Crippen molar-refractivity contribution < 1.29 is 41.5 Å². The van der Waals surface area contributed by atoms with Gasteiger partial charge in [0.05, 0.1) is 37.7 Å². The Kier molecular flexibility index (Phi) is 23.4. The first kappa shape index (κ1) is 58.4. The van der Waals surface area contributed by atoms with Gasteiger partial charge in [0.1, 0.15) is 6.61 Å². The lowest BCUT2D eigenvalue weighted by molar-refractivity contribution is -0.138. The summed E-state index contributed by atoms with van der Waals surface area (Å²) in [5.74, 6) is 0.0899. The highest BCUT2D eigenvalue weighted by Crippen LogP contribution is 2.44. The van der Waals surface area contributed by atoms with E-state index in [0.717, 1.165) is 83.4 Å². The van der Waals surface area contributed by atoms with E-state index >= 15 is 4.39 Å². The summed E-state index contributed by atoms with van der Waals surface area (Å²) in [7, 11) is -0.149. The van der Waals surface area contributed by atoms with Gasteiger partial charge in [-0.2, -0.15) is 11.8 Å². The Morgan fingerprint density at radius 3 is 2.50 bits per heavy atom. The van der Waals surface area contributed by atoms with E-state index in [1.807, 2.05) is 55.1 Å². The molecule has 4 aliphatic heterocycles. The van der Waals surface area contributed by atoms with E-state index in [0.29, 0.717) is 69.1 Å². The number of sulfone groups is 1. The Morgan fingerprint density at radius 2 is 1.75 bits per heavy atom. The molecule has 4 fully saturated rings. The quantitative estimate of drug-likeness (QED) is 0.0332. The Morgan fingerprint density at radius 1 is 1.00 bits per heavy atom. The normalized spacial score (nSPS) is 21.8. The molecular weight excluding hydrogens is 1090 g/mol. The number of amides is 5. The number of alkyl halides is 1. The molecule has 6 atom stereocenters. The molecule has 2 unspecified atom stereocenters. The summed E-state index contributed by atoms with van der Waals surface area (Å²) in [5.41, 5.74) is 0.105. The second kappa shape index (κ2) is 28.9. The maximum absolute atomic E-state index is 16.2. The number of piperazine rings is 1. The number of thioether (sulfide) groups is 1. The molecule has 0 aromatic heterocycles. The molecule has 2 aromatic rings. The fourth-order valence-electron chi connectivity index (χ4n) is 9.31. The van der Waals surface area contributed by atoms with Crippen LogP contribution in [0.25, 0.3) is 11.1 Å². The minimum Gasteiger partial charge on any atom is -0.377 e. The van der Waals surface area contributed by atoms with Gasteiger partial charge in [0, 0.05) is 118 Å². The van der Waals surface area contributed by atoms with Gasteiger partial charge in [-0.1, -0.05) is 81.7 Å². The summed E-state index contributed by atoms with van der Waals surface area (Å²) in [5, 5.41) is 15.8. The summed E-state index contributed by atoms with van der Waals surface area (Å²) in [4.78, 5) is 55.0. The van der Waals surface area contributed by atoms with Crippen LogP contribution in [0.4, 0.5) is 9.18 Å². The third-order valence-electron chi connectivity index (χ3n) is 13.4. The Labute approximate surface area is 449 Å². The molecule has 0 saturated carbocycles. The smallest absolute Gasteiger partial charge is 0.315 e.